The van der Waals surface area contributed by atoms with Crippen LogP contribution in [0.5, 0.6) is 0 Å². The molecule has 2 unspecified atom stereocenters. The van der Waals surface area contributed by atoms with Crippen LogP contribution in [0.1, 0.15) is 47.5 Å². The maximum atomic E-state index is 5.90. The summed E-state index contributed by atoms with van der Waals surface area (Å²) < 4.78 is 11.3. The van der Waals surface area contributed by atoms with E-state index in [0.717, 1.165) is 6.61 Å². The van der Waals surface area contributed by atoms with Gasteiger partial charge in [-0.25, -0.2) is 0 Å². The van der Waals surface area contributed by atoms with Crippen molar-refractivity contribution >= 4 is 10.0 Å². The lowest BCUT2D eigenvalue weighted by Gasteiger charge is -2.28. The van der Waals surface area contributed by atoms with Crippen molar-refractivity contribution in [1.29, 1.82) is 0 Å². The van der Waals surface area contributed by atoms with Gasteiger partial charge in [0.25, 0.3) is 0 Å². The minimum absolute atomic E-state index is 0.406. The highest BCUT2D eigenvalue weighted by atomic mass is 28.3. The molecule has 2 nitrogen and oxygen atoms in total. The first-order chi connectivity index (χ1) is 6.67. The lowest BCUT2D eigenvalue weighted by atomic mass is 9.90. The molecule has 0 aliphatic heterocycles. The maximum absolute atomic E-state index is 5.90. The normalized spacial score (nSPS) is 18.6. The van der Waals surface area contributed by atoms with Crippen molar-refractivity contribution in [2.45, 2.75) is 53.6 Å². The first-order valence-corrected chi connectivity index (χ1v) is 7.02. The summed E-state index contributed by atoms with van der Waals surface area (Å²) in [6.45, 7) is 11.8. The summed E-state index contributed by atoms with van der Waals surface area (Å²) in [5, 5.41) is 0. The molecule has 0 aliphatic rings. The highest BCUT2D eigenvalue weighted by Gasteiger charge is 2.21. The summed E-state index contributed by atoms with van der Waals surface area (Å²) in [6, 6.07) is 0. The van der Waals surface area contributed by atoms with Gasteiger partial charge in [-0.1, -0.05) is 40.5 Å². The Morgan fingerprint density at radius 1 is 1.00 bits per heavy atom. The highest BCUT2D eigenvalue weighted by Crippen LogP contribution is 2.21. The molecule has 0 amide bonds. The second-order valence-electron chi connectivity index (χ2n) is 4.01. The second-order valence-corrected chi connectivity index (χ2v) is 4.99. The van der Waals surface area contributed by atoms with E-state index in [1.165, 1.54) is 12.8 Å². The van der Waals surface area contributed by atoms with Crippen LogP contribution in [0.4, 0.5) is 0 Å². The highest BCUT2D eigenvalue weighted by molar-refractivity contribution is 6.18. The van der Waals surface area contributed by atoms with E-state index in [1.54, 1.807) is 0 Å². The van der Waals surface area contributed by atoms with E-state index in [0.29, 0.717) is 17.9 Å². The molecule has 0 N–H and O–H groups in total. The van der Waals surface area contributed by atoms with Crippen LogP contribution >= 0.6 is 0 Å². The standard InChI is InChI=1S/C11H26O2Si/c1-6-9(4)11(10(5)7-2)13-14-12-8-3/h9-11H,6-8,14H2,1-5H3. The molecule has 0 spiro atoms. The molecule has 0 aromatic rings. The molecule has 0 bridgehead atoms. The average Bonchev–Trinajstić information content (AvgIpc) is 2.22. The van der Waals surface area contributed by atoms with Crippen molar-refractivity contribution in [1.82, 2.24) is 0 Å². The van der Waals surface area contributed by atoms with E-state index in [4.69, 9.17) is 8.85 Å². The second kappa shape index (κ2) is 8.45. The zero-order valence-electron chi connectivity index (χ0n) is 10.4. The fourth-order valence-electron chi connectivity index (χ4n) is 1.56. The van der Waals surface area contributed by atoms with Crippen LogP contribution in [0, 0.1) is 11.8 Å². The molecule has 0 aromatic carbocycles. The van der Waals surface area contributed by atoms with Gasteiger partial charge in [0.1, 0.15) is 0 Å². The van der Waals surface area contributed by atoms with E-state index in [-0.39, 0.29) is 0 Å². The Morgan fingerprint density at radius 3 is 1.86 bits per heavy atom. The molecule has 0 aromatic heterocycles. The number of hydrogen-bond donors (Lipinski definition) is 0. The van der Waals surface area contributed by atoms with Gasteiger partial charge in [0.2, 0.25) is 0 Å². The minimum Gasteiger partial charge on any atom is -0.399 e. The number of rotatable bonds is 8. The molecular formula is C11H26O2Si. The van der Waals surface area contributed by atoms with Crippen molar-refractivity contribution in [3.8, 4) is 0 Å². The SMILES string of the molecule is CCO[SiH2]OC(C(C)CC)C(C)CC. The van der Waals surface area contributed by atoms with Gasteiger partial charge < -0.3 is 8.85 Å². The summed E-state index contributed by atoms with van der Waals surface area (Å²) in [4.78, 5) is 0. The van der Waals surface area contributed by atoms with Crippen LogP contribution in [-0.4, -0.2) is 22.7 Å². The molecule has 0 radical (unpaired) electrons. The molecule has 14 heavy (non-hydrogen) atoms. The van der Waals surface area contributed by atoms with Gasteiger partial charge in [0.05, 0.1) is 6.10 Å². The van der Waals surface area contributed by atoms with Gasteiger partial charge in [0.15, 0.2) is 0 Å². The topological polar surface area (TPSA) is 18.5 Å². The monoisotopic (exact) mass is 218 g/mol. The van der Waals surface area contributed by atoms with Crippen LogP contribution in [0.3, 0.4) is 0 Å². The van der Waals surface area contributed by atoms with Gasteiger partial charge >= 0.3 is 10.0 Å². The predicted octanol–water partition coefficient (Wildman–Crippen LogP) is 2.50. The molecule has 86 valence electrons. The zero-order chi connectivity index (χ0) is 11.0. The maximum Gasteiger partial charge on any atom is 0.304 e. The lowest BCUT2D eigenvalue weighted by Crippen LogP contribution is -2.30. The fourth-order valence-corrected chi connectivity index (χ4v) is 2.64. The Kier molecular flexibility index (Phi) is 8.53. The van der Waals surface area contributed by atoms with Crippen molar-refractivity contribution in [3.05, 3.63) is 0 Å². The van der Waals surface area contributed by atoms with E-state index < -0.39 is 10.0 Å². The molecule has 0 rings (SSSR count). The van der Waals surface area contributed by atoms with Crippen molar-refractivity contribution in [2.24, 2.45) is 11.8 Å². The molecular weight excluding hydrogens is 192 g/mol. The smallest absolute Gasteiger partial charge is 0.304 e. The van der Waals surface area contributed by atoms with E-state index in [9.17, 15) is 0 Å². The largest absolute Gasteiger partial charge is 0.399 e. The summed E-state index contributed by atoms with van der Waals surface area (Å²) in [6.07, 6.45) is 2.79. The number of hydrogen-bond acceptors (Lipinski definition) is 2. The van der Waals surface area contributed by atoms with Crippen LogP contribution in [-0.2, 0) is 8.85 Å². The molecule has 0 saturated carbocycles. The third-order valence-electron chi connectivity index (χ3n) is 2.96. The molecule has 0 heterocycles. The van der Waals surface area contributed by atoms with E-state index >= 15 is 0 Å². The summed E-state index contributed by atoms with van der Waals surface area (Å²) >= 11 is 0. The predicted molar refractivity (Wildman–Crippen MR) is 64.0 cm³/mol. The third-order valence-corrected chi connectivity index (χ3v) is 4.05. The van der Waals surface area contributed by atoms with Crippen LogP contribution in [0.15, 0.2) is 0 Å². The summed E-state index contributed by atoms with van der Waals surface area (Å²) in [5.74, 6) is 1.30. The van der Waals surface area contributed by atoms with Crippen LogP contribution < -0.4 is 0 Å². The average molecular weight is 218 g/mol. The van der Waals surface area contributed by atoms with Crippen molar-refractivity contribution in [2.75, 3.05) is 6.61 Å². The van der Waals surface area contributed by atoms with Gasteiger partial charge in [-0.15, -0.1) is 0 Å². The Morgan fingerprint density at radius 2 is 1.50 bits per heavy atom. The lowest BCUT2D eigenvalue weighted by molar-refractivity contribution is 0.0657. The van der Waals surface area contributed by atoms with Gasteiger partial charge in [-0.2, -0.15) is 0 Å². The van der Waals surface area contributed by atoms with Gasteiger partial charge in [-0.3, -0.25) is 0 Å². The Balaban J connectivity index is 3.97. The minimum atomic E-state index is -0.740. The quantitative estimate of drug-likeness (QED) is 0.460. The summed E-state index contributed by atoms with van der Waals surface area (Å²) in [7, 11) is -0.740. The molecule has 0 saturated heterocycles. The Labute approximate surface area is 91.4 Å². The van der Waals surface area contributed by atoms with Crippen LogP contribution in [0.2, 0.25) is 0 Å². The summed E-state index contributed by atoms with van der Waals surface area (Å²) in [5.41, 5.74) is 0. The zero-order valence-corrected chi connectivity index (χ0v) is 11.8. The van der Waals surface area contributed by atoms with Crippen molar-refractivity contribution in [3.63, 3.8) is 0 Å². The van der Waals surface area contributed by atoms with Gasteiger partial charge in [0, 0.05) is 6.61 Å². The third kappa shape index (κ3) is 5.13. The van der Waals surface area contributed by atoms with Crippen LogP contribution in [0.25, 0.3) is 0 Å². The molecule has 3 heteroatoms. The molecule has 2 atom stereocenters. The Hall–Kier alpha value is 0.137. The molecule has 0 aliphatic carbocycles. The molecule has 0 fully saturated rings. The fraction of sp³-hybridized carbons (Fsp3) is 1.00. The van der Waals surface area contributed by atoms with E-state index in [2.05, 4.69) is 27.7 Å². The van der Waals surface area contributed by atoms with Crippen molar-refractivity contribution < 1.29 is 8.85 Å². The van der Waals surface area contributed by atoms with Gasteiger partial charge in [-0.05, 0) is 18.8 Å². The Bertz CT molecular complexity index is 120. The first-order valence-electron chi connectivity index (χ1n) is 5.86. The van der Waals surface area contributed by atoms with E-state index in [1.807, 2.05) is 6.92 Å². The first kappa shape index (κ1) is 14.1.